The van der Waals surface area contributed by atoms with Crippen LogP contribution >= 0.6 is 0 Å². The van der Waals surface area contributed by atoms with E-state index in [0.717, 1.165) is 65.2 Å². The SMILES string of the molecule is CC(C)(C)C1CCCc2ccccc21.CC(C)(C)C1CCCc2ccccc21.CC(C)(C)C1CCc2ccccc21.CC(C)(C)C1CCc2ccccc21.CC(C)C.CC(C)C.CC(C)C.CC(C)C.CC(C)C1=CCC(C(C)C)=C1.CC(C)C1=CCC(C(C)C)=N1.CC(C)c1cccc(C(C)C)c1.CC(C)c1ccccc1C(C)C.CC(C)c1ccn(C(C)C)c(=O)c1. The number of rotatable bonds is 10. The molecule has 5 aliphatic carbocycles. The first kappa shape index (κ1) is 120. The molecule has 0 N–H and O–H groups in total. The molecular formula is C126H204N2O. The molecule has 7 aromatic rings. The number of benzene rings is 6. The first-order valence-corrected chi connectivity index (χ1v) is 51.7. The molecule has 1 aliphatic heterocycles. The average Bonchev–Trinajstić information content (AvgIpc) is 1.73. The molecule has 3 heteroatoms. The van der Waals surface area contributed by atoms with Gasteiger partial charge in [-0.25, -0.2) is 0 Å². The molecule has 129 heavy (non-hydrogen) atoms. The molecule has 3 nitrogen and oxygen atoms in total. The van der Waals surface area contributed by atoms with Crippen molar-refractivity contribution in [1.29, 1.82) is 0 Å². The number of pyridine rings is 1. The number of allylic oxidation sites excluding steroid dienone is 6. The lowest BCUT2D eigenvalue weighted by Crippen LogP contribution is -2.22. The van der Waals surface area contributed by atoms with Crippen LogP contribution in [0.15, 0.2) is 209 Å². The van der Waals surface area contributed by atoms with Crippen molar-refractivity contribution in [1.82, 2.24) is 4.57 Å². The Hall–Kier alpha value is -6.84. The van der Waals surface area contributed by atoms with E-state index in [1.54, 1.807) is 60.7 Å². The van der Waals surface area contributed by atoms with Gasteiger partial charge in [0.05, 0.1) is 0 Å². The van der Waals surface area contributed by atoms with Crippen molar-refractivity contribution < 1.29 is 0 Å². The molecule has 0 bridgehead atoms. The largest absolute Gasteiger partial charge is 0.313 e. The maximum atomic E-state index is 11.5. The minimum Gasteiger partial charge on any atom is -0.313 e. The molecular weight excluding hydrogens is 1560 g/mol. The van der Waals surface area contributed by atoms with Crippen molar-refractivity contribution in [3.8, 4) is 0 Å². The molecule has 4 unspecified atom stereocenters. The second kappa shape index (κ2) is 59.7. The predicted octanol–water partition coefficient (Wildman–Crippen LogP) is 39.5. The summed E-state index contributed by atoms with van der Waals surface area (Å²) in [6.45, 7) is 98.2. The first-order valence-electron chi connectivity index (χ1n) is 51.7. The topological polar surface area (TPSA) is 34.4 Å². The highest BCUT2D eigenvalue weighted by molar-refractivity contribution is 5.90. The molecule has 0 fully saturated rings. The fourth-order valence-electron chi connectivity index (χ4n) is 16.9. The highest BCUT2D eigenvalue weighted by Crippen LogP contribution is 2.48. The third-order valence-electron chi connectivity index (χ3n) is 24.3. The monoisotopic (exact) mass is 1760 g/mol. The maximum absolute atomic E-state index is 11.5. The normalized spacial score (nSPS) is 16.4. The predicted molar refractivity (Wildman–Crippen MR) is 584 cm³/mol. The van der Waals surface area contributed by atoms with Gasteiger partial charge in [0.25, 0.3) is 5.56 Å². The summed E-state index contributed by atoms with van der Waals surface area (Å²) >= 11 is 0. The Bertz CT molecular complexity index is 4120. The summed E-state index contributed by atoms with van der Waals surface area (Å²) in [6.07, 6.45) is 24.3. The van der Waals surface area contributed by atoms with Gasteiger partial charge in [-0.15, -0.1) is 0 Å². The van der Waals surface area contributed by atoms with Gasteiger partial charge in [-0.2, -0.15) is 0 Å². The van der Waals surface area contributed by atoms with Crippen LogP contribution in [-0.4, -0.2) is 10.3 Å². The van der Waals surface area contributed by atoms with Crippen LogP contribution in [0.3, 0.4) is 0 Å². The smallest absolute Gasteiger partial charge is 0.251 e. The van der Waals surface area contributed by atoms with Crippen molar-refractivity contribution in [2.24, 2.45) is 74.0 Å². The molecule has 724 valence electrons. The van der Waals surface area contributed by atoms with Crippen LogP contribution in [0.5, 0.6) is 0 Å². The van der Waals surface area contributed by atoms with Crippen molar-refractivity contribution in [2.45, 2.75) is 441 Å². The molecule has 0 spiro atoms. The lowest BCUT2D eigenvalue weighted by molar-refractivity contribution is 0.289. The number of aryl methyl sites for hydroxylation is 4. The van der Waals surface area contributed by atoms with Crippen molar-refractivity contribution in [3.05, 3.63) is 282 Å². The molecule has 6 aromatic carbocycles. The fraction of sp³-hybridized carbons (Fsp3) is 0.619. The molecule has 0 saturated heterocycles. The number of fused-ring (bicyclic) bond motifs is 4. The van der Waals surface area contributed by atoms with Crippen LogP contribution in [-0.2, 0) is 25.7 Å². The Balaban J connectivity index is 0.000000711. The maximum Gasteiger partial charge on any atom is 0.251 e. The highest BCUT2D eigenvalue weighted by atomic mass is 16.1. The highest BCUT2D eigenvalue weighted by Gasteiger charge is 2.34. The Morgan fingerprint density at radius 2 is 0.612 bits per heavy atom. The Labute approximate surface area is 801 Å². The Morgan fingerprint density at radius 3 is 0.860 bits per heavy atom. The third kappa shape index (κ3) is 47.1. The van der Waals surface area contributed by atoms with Crippen molar-refractivity contribution >= 4 is 5.71 Å². The van der Waals surface area contributed by atoms with Crippen LogP contribution < -0.4 is 5.56 Å². The Morgan fingerprint density at radius 1 is 0.302 bits per heavy atom. The number of nitrogens with zero attached hydrogens (tertiary/aromatic N) is 2. The number of hydrogen-bond acceptors (Lipinski definition) is 2. The van der Waals surface area contributed by atoms with E-state index >= 15 is 0 Å². The summed E-state index contributed by atoms with van der Waals surface area (Å²) in [5.74, 6) is 12.0. The van der Waals surface area contributed by atoms with Gasteiger partial charge in [0.15, 0.2) is 0 Å². The fourth-order valence-corrected chi connectivity index (χ4v) is 16.9. The molecule has 6 aliphatic rings. The van der Waals surface area contributed by atoms with E-state index in [4.69, 9.17) is 0 Å². The van der Waals surface area contributed by atoms with E-state index in [9.17, 15) is 4.79 Å². The number of aromatic nitrogens is 1. The minimum absolute atomic E-state index is 0.0983. The first-order chi connectivity index (χ1) is 59.8. The van der Waals surface area contributed by atoms with Gasteiger partial charge >= 0.3 is 0 Å². The van der Waals surface area contributed by atoms with Crippen molar-refractivity contribution in [3.63, 3.8) is 0 Å². The molecule has 0 saturated carbocycles. The van der Waals surface area contributed by atoms with Gasteiger partial charge in [0.1, 0.15) is 0 Å². The summed E-state index contributed by atoms with van der Waals surface area (Å²) in [4.78, 5) is 16.1. The van der Waals surface area contributed by atoms with E-state index in [1.807, 2.05) is 26.1 Å². The standard InChI is InChI=1S/2C14H20.2C13H18.2C12H18.C11H17NO.C11H18.C10H17N.4C4H10/c2*1-14(2,3)13-10-6-8-11-7-4-5-9-12(11)13;2*1-13(2,3)12-9-8-10-6-4-5-7-11(10)12;1-9(2)11-6-5-7-12(8-11)10(3)4;1-9(2)11-7-5-6-8-12(11)10(3)4;1-8(2)10-5-6-12(9(3)4)11(13)7-10;1-8(2)10-5-6-11(7-10)9(3)4;1-7(2)9-5-6-10(11-9)8(3)4;4*1-4(2)3/h2*4-5,7,9,13H,6,8,10H2,1-3H3;2*4-7,12H,8-9H2,1-3H3;2*5-10H,1-4H3;5-9H,1-4H3;5,7-9H,6H2,1-4H3;5,7-8H,6H2,1-4H3;4*4H,1-3H3. The lowest BCUT2D eigenvalue weighted by atomic mass is 9.69. The number of aliphatic imine (C=N–C) groups is 1. The van der Waals surface area contributed by atoms with Gasteiger partial charge in [0.2, 0.25) is 0 Å². The van der Waals surface area contributed by atoms with Crippen LogP contribution in [0, 0.1) is 69.0 Å². The zero-order valence-electron chi connectivity index (χ0n) is 92.5. The van der Waals surface area contributed by atoms with E-state index in [-0.39, 0.29) is 11.6 Å². The van der Waals surface area contributed by atoms with Crippen LogP contribution in [0.1, 0.15) is 488 Å². The minimum atomic E-state index is 0.0983. The summed E-state index contributed by atoms with van der Waals surface area (Å²) in [6, 6.07) is 57.4. The summed E-state index contributed by atoms with van der Waals surface area (Å²) in [5, 5.41) is 0. The van der Waals surface area contributed by atoms with Gasteiger partial charge < -0.3 is 4.57 Å². The second-order valence-electron chi connectivity index (χ2n) is 47.8. The third-order valence-corrected chi connectivity index (χ3v) is 24.3. The zero-order valence-corrected chi connectivity index (χ0v) is 92.5. The molecule has 4 atom stereocenters. The molecule has 13 rings (SSSR count). The van der Waals surface area contributed by atoms with Crippen LogP contribution in [0.25, 0.3) is 0 Å². The Kier molecular flexibility index (Phi) is 55.6. The number of hydrogen-bond donors (Lipinski definition) is 0. The molecule has 1 aromatic heterocycles. The quantitative estimate of drug-likeness (QED) is 0.134. The summed E-state index contributed by atoms with van der Waals surface area (Å²) in [5.41, 5.74) is 27.2. The van der Waals surface area contributed by atoms with Crippen LogP contribution in [0.4, 0.5) is 0 Å². The zero-order chi connectivity index (χ0) is 98.8. The van der Waals surface area contributed by atoms with Crippen LogP contribution in [0.2, 0.25) is 0 Å². The van der Waals surface area contributed by atoms with Gasteiger partial charge in [-0.05, 0) is 291 Å². The molecule has 0 amide bonds. The van der Waals surface area contributed by atoms with Crippen molar-refractivity contribution in [2.75, 3.05) is 0 Å². The average molecular weight is 1760 g/mol. The van der Waals surface area contributed by atoms with E-state index in [2.05, 4.69) is 460 Å². The summed E-state index contributed by atoms with van der Waals surface area (Å²) < 4.78 is 1.74. The summed E-state index contributed by atoms with van der Waals surface area (Å²) in [7, 11) is 0. The molecule has 2 heterocycles. The second-order valence-corrected chi connectivity index (χ2v) is 47.8. The van der Waals surface area contributed by atoms with Gasteiger partial charge in [-0.3, -0.25) is 9.79 Å². The van der Waals surface area contributed by atoms with E-state index in [0.29, 0.717) is 69.0 Å². The van der Waals surface area contributed by atoms with E-state index < -0.39 is 0 Å². The van der Waals surface area contributed by atoms with Gasteiger partial charge in [0, 0.05) is 36.1 Å². The lowest BCUT2D eigenvalue weighted by Gasteiger charge is -2.35. The van der Waals surface area contributed by atoms with E-state index in [1.165, 1.54) is 110 Å². The van der Waals surface area contributed by atoms with Gasteiger partial charge in [-0.1, -0.05) is 460 Å². The molecule has 0 radical (unpaired) electrons.